The van der Waals surface area contributed by atoms with Crippen LogP contribution in [0.3, 0.4) is 0 Å². The molecule has 6 nitrogen and oxygen atoms in total. The molecule has 1 N–H and O–H groups in total. The zero-order valence-corrected chi connectivity index (χ0v) is 14.7. The Morgan fingerprint density at radius 1 is 1.12 bits per heavy atom. The molecular weight excluding hydrogens is 320 g/mol. The molecule has 0 aromatic heterocycles. The van der Waals surface area contributed by atoms with E-state index in [0.717, 1.165) is 31.4 Å². The number of nitrogens with zero attached hydrogens (tertiary/aromatic N) is 2. The van der Waals surface area contributed by atoms with Crippen LogP contribution in [0.4, 0.5) is 5.69 Å². The maximum atomic E-state index is 12.5. The fraction of sp³-hybridized carbons (Fsp3) is 0.579. The Labute approximate surface area is 148 Å². The van der Waals surface area contributed by atoms with Crippen molar-refractivity contribution in [2.45, 2.75) is 38.7 Å². The molecule has 6 heteroatoms. The Kier molecular flexibility index (Phi) is 5.46. The summed E-state index contributed by atoms with van der Waals surface area (Å²) in [6.45, 7) is 4.06. The molecule has 1 saturated carbocycles. The van der Waals surface area contributed by atoms with Crippen molar-refractivity contribution < 1.29 is 19.4 Å². The first-order chi connectivity index (χ1) is 12.1. The Hall–Kier alpha value is -2.24. The van der Waals surface area contributed by atoms with Gasteiger partial charge in [-0.15, -0.1) is 0 Å². The third-order valence-electron chi connectivity index (χ3n) is 5.14. The van der Waals surface area contributed by atoms with Gasteiger partial charge in [-0.25, -0.2) is 0 Å². The molecule has 0 radical (unpaired) electrons. The molecule has 1 aliphatic heterocycles. The van der Waals surface area contributed by atoms with Crippen LogP contribution in [0, 0.1) is 5.92 Å². The fourth-order valence-electron chi connectivity index (χ4n) is 3.64. The first-order valence-corrected chi connectivity index (χ1v) is 9.08. The molecule has 1 aliphatic carbocycles. The summed E-state index contributed by atoms with van der Waals surface area (Å²) in [5, 5.41) is 9.95. The van der Waals surface area contributed by atoms with Crippen LogP contribution in [0.5, 0.6) is 5.75 Å². The van der Waals surface area contributed by atoms with E-state index in [9.17, 15) is 14.7 Å². The Balaban J connectivity index is 1.51. The monoisotopic (exact) mass is 346 g/mol. The lowest BCUT2D eigenvalue weighted by molar-refractivity contribution is -0.162. The molecule has 25 heavy (non-hydrogen) atoms. The van der Waals surface area contributed by atoms with Crippen LogP contribution in [0.1, 0.15) is 32.6 Å². The first-order valence-electron chi connectivity index (χ1n) is 9.08. The number of hydrogen-bond acceptors (Lipinski definition) is 5. The summed E-state index contributed by atoms with van der Waals surface area (Å²) in [7, 11) is 0. The number of esters is 1. The van der Waals surface area contributed by atoms with Crippen LogP contribution < -0.4 is 4.90 Å². The summed E-state index contributed by atoms with van der Waals surface area (Å²) in [6.07, 6.45) is 3.15. The average molecular weight is 346 g/mol. The molecule has 1 aromatic rings. The standard InChI is InChI=1S/C19H26N2O4/c1-14(25-19(24)15-6-2-3-7-15)18(23)21-12-10-20(11-13-21)16-8-4-5-9-17(16)22/h4-5,8-9,14-15,22H,2-3,6-7,10-13H2,1H3. The van der Waals surface area contributed by atoms with Crippen LogP contribution in [0.15, 0.2) is 24.3 Å². The zero-order chi connectivity index (χ0) is 17.8. The van der Waals surface area contributed by atoms with Gasteiger partial charge in [-0.05, 0) is 31.9 Å². The number of amides is 1. The molecule has 3 rings (SSSR count). The minimum absolute atomic E-state index is 0.0341. The smallest absolute Gasteiger partial charge is 0.309 e. The minimum atomic E-state index is -0.732. The minimum Gasteiger partial charge on any atom is -0.506 e. The van der Waals surface area contributed by atoms with E-state index in [2.05, 4.69) is 4.90 Å². The van der Waals surface area contributed by atoms with Crippen LogP contribution in [-0.2, 0) is 14.3 Å². The lowest BCUT2D eigenvalue weighted by Crippen LogP contribution is -2.51. The number of para-hydroxylation sites is 2. The molecule has 0 spiro atoms. The fourth-order valence-corrected chi connectivity index (χ4v) is 3.64. The lowest BCUT2D eigenvalue weighted by atomic mass is 10.1. The van der Waals surface area contributed by atoms with Gasteiger partial charge in [0.05, 0.1) is 11.6 Å². The normalized spacial score (nSPS) is 19.7. The molecule has 1 saturated heterocycles. The number of benzene rings is 1. The number of anilines is 1. The van der Waals surface area contributed by atoms with Crippen LogP contribution in [0.2, 0.25) is 0 Å². The molecule has 1 heterocycles. The topological polar surface area (TPSA) is 70.1 Å². The highest BCUT2D eigenvalue weighted by atomic mass is 16.5. The van der Waals surface area contributed by atoms with Gasteiger partial charge in [0.25, 0.3) is 5.91 Å². The van der Waals surface area contributed by atoms with Crippen molar-refractivity contribution >= 4 is 17.6 Å². The Bertz CT molecular complexity index is 620. The number of rotatable bonds is 4. The van der Waals surface area contributed by atoms with E-state index in [1.165, 1.54) is 0 Å². The van der Waals surface area contributed by atoms with E-state index in [0.29, 0.717) is 26.2 Å². The van der Waals surface area contributed by atoms with E-state index in [1.54, 1.807) is 24.0 Å². The average Bonchev–Trinajstić information content (AvgIpc) is 3.16. The van der Waals surface area contributed by atoms with Crippen molar-refractivity contribution in [2.75, 3.05) is 31.1 Å². The van der Waals surface area contributed by atoms with Gasteiger partial charge >= 0.3 is 5.97 Å². The molecule has 1 amide bonds. The summed E-state index contributed by atoms with van der Waals surface area (Å²) in [4.78, 5) is 28.4. The van der Waals surface area contributed by atoms with Gasteiger partial charge in [0, 0.05) is 26.2 Å². The highest BCUT2D eigenvalue weighted by Crippen LogP contribution is 2.28. The third-order valence-corrected chi connectivity index (χ3v) is 5.14. The second-order valence-corrected chi connectivity index (χ2v) is 6.86. The van der Waals surface area contributed by atoms with Gasteiger partial charge in [-0.1, -0.05) is 25.0 Å². The van der Waals surface area contributed by atoms with Crippen LogP contribution in [0.25, 0.3) is 0 Å². The molecule has 1 atom stereocenters. The Morgan fingerprint density at radius 2 is 1.76 bits per heavy atom. The van der Waals surface area contributed by atoms with E-state index in [1.807, 2.05) is 12.1 Å². The van der Waals surface area contributed by atoms with Crippen molar-refractivity contribution in [3.63, 3.8) is 0 Å². The summed E-state index contributed by atoms with van der Waals surface area (Å²) in [6, 6.07) is 7.21. The summed E-state index contributed by atoms with van der Waals surface area (Å²) in [5.41, 5.74) is 0.787. The number of aromatic hydroxyl groups is 1. The SMILES string of the molecule is CC(OC(=O)C1CCCC1)C(=O)N1CCN(c2ccccc2O)CC1. The number of piperazine rings is 1. The van der Waals surface area contributed by atoms with Crippen molar-refractivity contribution in [3.05, 3.63) is 24.3 Å². The summed E-state index contributed by atoms with van der Waals surface area (Å²) in [5.74, 6) is -0.149. The number of carbonyl (C=O) groups is 2. The third kappa shape index (κ3) is 4.06. The number of phenols is 1. The molecule has 2 fully saturated rings. The zero-order valence-electron chi connectivity index (χ0n) is 14.7. The van der Waals surface area contributed by atoms with Gasteiger partial charge in [0.1, 0.15) is 5.75 Å². The second-order valence-electron chi connectivity index (χ2n) is 6.86. The highest BCUT2D eigenvalue weighted by molar-refractivity contribution is 5.84. The quantitative estimate of drug-likeness (QED) is 0.846. The predicted octanol–water partition coefficient (Wildman–Crippen LogP) is 2.16. The number of ether oxygens (including phenoxy) is 1. The lowest BCUT2D eigenvalue weighted by Gasteiger charge is -2.37. The van der Waals surface area contributed by atoms with Gasteiger partial charge in [0.2, 0.25) is 0 Å². The molecule has 1 unspecified atom stereocenters. The number of hydrogen-bond donors (Lipinski definition) is 1. The first kappa shape index (κ1) is 17.6. The van der Waals surface area contributed by atoms with Gasteiger partial charge < -0.3 is 19.6 Å². The Morgan fingerprint density at radius 3 is 2.40 bits per heavy atom. The van der Waals surface area contributed by atoms with Crippen LogP contribution in [-0.4, -0.2) is 54.2 Å². The summed E-state index contributed by atoms with van der Waals surface area (Å²) >= 11 is 0. The maximum absolute atomic E-state index is 12.5. The predicted molar refractivity (Wildman–Crippen MR) is 94.4 cm³/mol. The van der Waals surface area contributed by atoms with Crippen LogP contribution >= 0.6 is 0 Å². The molecule has 2 aliphatic rings. The van der Waals surface area contributed by atoms with E-state index in [4.69, 9.17) is 4.74 Å². The van der Waals surface area contributed by atoms with Crippen molar-refractivity contribution in [1.82, 2.24) is 4.90 Å². The maximum Gasteiger partial charge on any atom is 0.309 e. The van der Waals surface area contributed by atoms with E-state index < -0.39 is 6.10 Å². The second kappa shape index (κ2) is 7.76. The van der Waals surface area contributed by atoms with Gasteiger partial charge in [-0.3, -0.25) is 9.59 Å². The molecule has 136 valence electrons. The van der Waals surface area contributed by atoms with Crippen molar-refractivity contribution in [2.24, 2.45) is 5.92 Å². The van der Waals surface area contributed by atoms with E-state index in [-0.39, 0.29) is 23.5 Å². The van der Waals surface area contributed by atoms with Gasteiger partial charge in [0.15, 0.2) is 6.10 Å². The van der Waals surface area contributed by atoms with Crippen molar-refractivity contribution in [1.29, 1.82) is 0 Å². The number of carbonyl (C=O) groups excluding carboxylic acids is 2. The van der Waals surface area contributed by atoms with Crippen molar-refractivity contribution in [3.8, 4) is 5.75 Å². The molecular formula is C19H26N2O4. The highest BCUT2D eigenvalue weighted by Gasteiger charge is 2.31. The largest absolute Gasteiger partial charge is 0.506 e. The number of phenolic OH excluding ortho intramolecular Hbond substituents is 1. The molecule has 1 aromatic carbocycles. The van der Waals surface area contributed by atoms with E-state index >= 15 is 0 Å². The summed E-state index contributed by atoms with van der Waals surface area (Å²) < 4.78 is 5.40. The molecule has 0 bridgehead atoms. The van der Waals surface area contributed by atoms with Gasteiger partial charge in [-0.2, -0.15) is 0 Å².